The molecule has 0 aliphatic rings. The molecule has 4 nitrogen and oxygen atoms in total. The lowest BCUT2D eigenvalue weighted by Gasteiger charge is -1.96. The van der Waals surface area contributed by atoms with Gasteiger partial charge in [0.25, 0.3) is 5.91 Å². The van der Waals surface area contributed by atoms with Gasteiger partial charge in [-0.2, -0.15) is 0 Å². The van der Waals surface area contributed by atoms with Crippen LogP contribution in [0.5, 0.6) is 0 Å². The molecule has 1 N–H and O–H groups in total. The maximum Gasteiger partial charge on any atom is 0.271 e. The second-order valence-corrected chi connectivity index (χ2v) is 2.29. The molecule has 1 aromatic heterocycles. The number of amides is 1. The zero-order valence-electron chi connectivity index (χ0n) is 10.2. The summed E-state index contributed by atoms with van der Waals surface area (Å²) in [6.07, 6.45) is -0.842. The first kappa shape index (κ1) is 3.62. The fourth-order valence-electron chi connectivity index (χ4n) is 0.436. The average Bonchev–Trinajstić information content (AvgIpc) is 2.08. The maximum absolute atomic E-state index is 11.4. The van der Waals surface area contributed by atoms with Crippen LogP contribution in [-0.2, 0) is 0 Å². The van der Waals surface area contributed by atoms with Gasteiger partial charge in [-0.15, -0.1) is 0 Å². The summed E-state index contributed by atoms with van der Waals surface area (Å²) in [6, 6.07) is 0. The molecule has 0 fully saturated rings. The summed E-state index contributed by atoms with van der Waals surface area (Å²) in [5.41, 5.74) is -0.445. The minimum Gasteiger partial charge on any atom is -0.354 e. The first-order valence-corrected chi connectivity index (χ1v) is 3.33. The summed E-state index contributed by atoms with van der Waals surface area (Å²) in [5, 5.41) is 1.68. The quantitative estimate of drug-likeness (QED) is 0.755. The maximum atomic E-state index is 11.4. The fourth-order valence-corrected chi connectivity index (χ4v) is 0.702. The highest BCUT2D eigenvalue weighted by molar-refractivity contribution is 9.10. The van der Waals surface area contributed by atoms with Gasteiger partial charge in [0.1, 0.15) is 10.3 Å². The number of carbonyl (C=O) groups is 1. The van der Waals surface area contributed by atoms with E-state index in [1.54, 1.807) is 5.32 Å². The molecule has 0 bridgehead atoms. The number of nitrogens with zero attached hydrogens (tertiary/aromatic N) is 2. The minimum absolute atomic E-state index is 0.0285. The highest BCUT2D eigenvalue weighted by Gasteiger charge is 2.03. The number of aromatic nitrogens is 2. The van der Waals surface area contributed by atoms with Gasteiger partial charge in [-0.1, -0.05) is 0 Å². The first-order chi connectivity index (χ1) is 7.20. The van der Waals surface area contributed by atoms with E-state index in [9.17, 15) is 4.79 Å². The molecule has 0 aromatic carbocycles. The Hall–Kier alpha value is -0.970. The molecule has 0 atom stereocenters. The van der Waals surface area contributed by atoms with Crippen LogP contribution in [0.15, 0.2) is 16.9 Å². The van der Waals surface area contributed by atoms with Crippen LogP contribution in [0.4, 0.5) is 0 Å². The molecule has 1 heterocycles. The van der Waals surface area contributed by atoms with Gasteiger partial charge in [0, 0.05) is 11.1 Å². The van der Waals surface area contributed by atoms with Crippen molar-refractivity contribution in [3.63, 3.8) is 0 Å². The van der Waals surface area contributed by atoms with Crippen LogP contribution < -0.4 is 5.32 Å². The summed E-state index contributed by atoms with van der Waals surface area (Å²) >= 11 is 2.86. The van der Waals surface area contributed by atoms with Gasteiger partial charge in [0.2, 0.25) is 0 Å². The second kappa shape index (κ2) is 3.43. The molecule has 0 saturated heterocycles. The largest absolute Gasteiger partial charge is 0.354 e. The molecule has 0 aliphatic heterocycles. The van der Waals surface area contributed by atoms with Crippen molar-refractivity contribution >= 4 is 21.8 Å². The molecule has 1 amide bonds. The van der Waals surface area contributed by atoms with Crippen molar-refractivity contribution in [2.75, 3.05) is 6.98 Å². The van der Waals surface area contributed by atoms with Crippen molar-refractivity contribution in [2.24, 2.45) is 0 Å². The van der Waals surface area contributed by atoms with Crippen molar-refractivity contribution in [2.45, 2.75) is 0 Å². The van der Waals surface area contributed by atoms with E-state index in [0.717, 1.165) is 0 Å². The van der Waals surface area contributed by atoms with Crippen molar-refractivity contribution in [1.29, 1.82) is 0 Å². The number of rotatable bonds is 1. The Morgan fingerprint density at radius 3 is 3.45 bits per heavy atom. The van der Waals surface area contributed by atoms with Crippen molar-refractivity contribution in [1.82, 2.24) is 15.3 Å². The summed E-state index contributed by atoms with van der Waals surface area (Å²) in [6.45, 7) is -2.66. The predicted molar refractivity (Wildman–Crippen MR) is 43.1 cm³/mol. The van der Waals surface area contributed by atoms with Gasteiger partial charge in [-0.3, -0.25) is 9.78 Å². The van der Waals surface area contributed by atoms with Crippen LogP contribution in [0.1, 0.15) is 17.3 Å². The highest BCUT2D eigenvalue weighted by atomic mass is 79.9. The molecule has 11 heavy (non-hydrogen) atoms. The third-order valence-electron chi connectivity index (χ3n) is 0.849. The number of carbonyl (C=O) groups excluding carboxylic acids is 1. The summed E-state index contributed by atoms with van der Waals surface area (Å²) < 4.78 is 34.9. The molecule has 0 saturated carbocycles. The minimum atomic E-state index is -2.66. The Kier molecular flexibility index (Phi) is 1.13. The molecule has 0 spiro atoms. The SMILES string of the molecule is [2H]c1nc([2H])c(C(=O)NC([2H])([2H])[2H])nc1Br. The molecule has 5 heteroatoms. The van der Waals surface area contributed by atoms with Gasteiger partial charge in [0.15, 0.2) is 0 Å². The lowest BCUT2D eigenvalue weighted by Crippen LogP contribution is -2.19. The van der Waals surface area contributed by atoms with Gasteiger partial charge in [-0.05, 0) is 15.9 Å². The van der Waals surface area contributed by atoms with Crippen LogP contribution in [0.2, 0.25) is 0 Å². The summed E-state index contributed by atoms with van der Waals surface area (Å²) in [5.74, 6) is -1.03. The molecule has 0 unspecified atom stereocenters. The predicted octanol–water partition coefficient (Wildman–Crippen LogP) is 0.599. The Morgan fingerprint density at radius 1 is 1.91 bits per heavy atom. The average molecular weight is 221 g/mol. The second-order valence-electron chi connectivity index (χ2n) is 1.54. The Bertz CT molecular complexity index is 435. The third-order valence-corrected chi connectivity index (χ3v) is 1.20. The number of nitrogens with one attached hydrogen (secondary N) is 1. The Labute approximate surface area is 79.2 Å². The van der Waals surface area contributed by atoms with E-state index in [4.69, 9.17) is 6.85 Å². The zero-order chi connectivity index (χ0) is 12.5. The summed E-state index contributed by atoms with van der Waals surface area (Å²) in [7, 11) is 0. The van der Waals surface area contributed by atoms with Crippen LogP contribution >= 0.6 is 15.9 Å². The van der Waals surface area contributed by atoms with Gasteiger partial charge >= 0.3 is 0 Å². The molecule has 0 radical (unpaired) electrons. The van der Waals surface area contributed by atoms with Crippen molar-refractivity contribution in [3.05, 3.63) is 22.6 Å². The molecular formula is C6H6BrN3O. The van der Waals surface area contributed by atoms with E-state index < -0.39 is 24.7 Å². The van der Waals surface area contributed by atoms with Crippen LogP contribution in [0.25, 0.3) is 0 Å². The van der Waals surface area contributed by atoms with Crippen molar-refractivity contribution in [3.8, 4) is 0 Å². The molecule has 1 aromatic rings. The van der Waals surface area contributed by atoms with E-state index in [2.05, 4.69) is 25.9 Å². The number of hydrogen-bond donors (Lipinski definition) is 1. The lowest BCUT2D eigenvalue weighted by atomic mass is 10.4. The standard InChI is InChI=1S/C6H6BrN3O/c1-8-6(11)4-2-9-3-5(7)10-4/h2-3H,1H3,(H,8,11)/i1D3,2D,3D. The van der Waals surface area contributed by atoms with E-state index in [1.807, 2.05) is 0 Å². The topological polar surface area (TPSA) is 54.9 Å². The summed E-state index contributed by atoms with van der Waals surface area (Å²) in [4.78, 5) is 18.3. The number of hydrogen-bond acceptors (Lipinski definition) is 3. The molecule has 0 aliphatic carbocycles. The third kappa shape index (κ3) is 1.98. The van der Waals surface area contributed by atoms with E-state index in [1.165, 1.54) is 0 Å². The zero-order valence-corrected chi connectivity index (χ0v) is 6.77. The molecular weight excluding hydrogens is 210 g/mol. The van der Waals surface area contributed by atoms with E-state index >= 15 is 0 Å². The smallest absolute Gasteiger partial charge is 0.271 e. The lowest BCUT2D eigenvalue weighted by molar-refractivity contribution is 0.0957. The van der Waals surface area contributed by atoms with E-state index in [0.29, 0.717) is 0 Å². The van der Waals surface area contributed by atoms with Gasteiger partial charge in [0.05, 0.1) is 15.1 Å². The fraction of sp³-hybridized carbons (Fsp3) is 0.167. The Morgan fingerprint density at radius 2 is 2.73 bits per heavy atom. The monoisotopic (exact) mass is 220 g/mol. The highest BCUT2D eigenvalue weighted by Crippen LogP contribution is 2.02. The Balaban J connectivity index is 3.05. The molecule has 1 rings (SSSR count). The van der Waals surface area contributed by atoms with Crippen molar-refractivity contribution < 1.29 is 11.6 Å². The van der Waals surface area contributed by atoms with Crippen LogP contribution in [0, 0.1) is 0 Å². The van der Waals surface area contributed by atoms with Gasteiger partial charge < -0.3 is 5.32 Å². The van der Waals surface area contributed by atoms with E-state index in [-0.39, 0.29) is 10.8 Å². The molecule has 58 valence electrons. The normalized spacial score (nSPS) is 17.0. The van der Waals surface area contributed by atoms with Gasteiger partial charge in [-0.25, -0.2) is 4.98 Å². The van der Waals surface area contributed by atoms with Crippen LogP contribution in [-0.4, -0.2) is 22.9 Å². The van der Waals surface area contributed by atoms with Crippen LogP contribution in [0.3, 0.4) is 0 Å². The first-order valence-electron chi connectivity index (χ1n) is 5.04. The number of halogens is 1.